The van der Waals surface area contributed by atoms with Crippen LogP contribution in [0.15, 0.2) is 46.2 Å². The fourth-order valence-corrected chi connectivity index (χ4v) is 5.43. The molecule has 0 bridgehead atoms. The van der Waals surface area contributed by atoms with Crippen LogP contribution in [0.4, 0.5) is 35.2 Å². The van der Waals surface area contributed by atoms with E-state index in [-0.39, 0.29) is 71.5 Å². The summed E-state index contributed by atoms with van der Waals surface area (Å²) in [5.41, 5.74) is 11.8. The Morgan fingerprint density at radius 2 is 1.04 bits per heavy atom. The van der Waals surface area contributed by atoms with Crippen molar-refractivity contribution >= 4 is 67.6 Å². The molecule has 2 aromatic carbocycles. The minimum Gasteiger partial charge on any atom is -0.462 e. The third kappa shape index (κ3) is 11.1. The summed E-state index contributed by atoms with van der Waals surface area (Å²) in [6.45, 7) is 1.70. The summed E-state index contributed by atoms with van der Waals surface area (Å²) in [5.74, 6) is -0.415. The van der Waals surface area contributed by atoms with Crippen LogP contribution in [0.5, 0.6) is 12.0 Å². The highest BCUT2D eigenvalue weighted by atomic mass is 32.2. The van der Waals surface area contributed by atoms with Crippen LogP contribution in [-0.4, -0.2) is 120 Å². The molecule has 0 saturated carbocycles. The summed E-state index contributed by atoms with van der Waals surface area (Å²) in [7, 11) is -2.16. The van der Waals surface area contributed by atoms with E-state index in [0.29, 0.717) is 13.1 Å². The molecule has 0 aliphatic carbocycles. The lowest BCUT2D eigenvalue weighted by atomic mass is 10.1. The molecule has 2 heterocycles. The Morgan fingerprint density at radius 3 is 1.38 bits per heavy atom. The molecule has 22 heteroatoms. The van der Waals surface area contributed by atoms with Gasteiger partial charge in [0.1, 0.15) is 23.0 Å². The van der Waals surface area contributed by atoms with E-state index < -0.39 is 30.0 Å². The van der Waals surface area contributed by atoms with E-state index in [4.69, 9.17) is 20.9 Å². The lowest BCUT2D eigenvalue weighted by Gasteiger charge is -2.12. The molecule has 0 saturated heterocycles. The molecular formula is C28H36N12O8S2. The van der Waals surface area contributed by atoms with Crippen molar-refractivity contribution in [2.45, 2.75) is 9.79 Å². The van der Waals surface area contributed by atoms with Gasteiger partial charge in [-0.05, 0) is 63.6 Å². The van der Waals surface area contributed by atoms with Crippen LogP contribution >= 0.6 is 0 Å². The van der Waals surface area contributed by atoms with Gasteiger partial charge in [-0.15, -0.1) is 0 Å². The number of nitrogens with two attached hydrogens (primary N) is 2. The van der Waals surface area contributed by atoms with Crippen LogP contribution < -0.4 is 31.6 Å². The summed E-state index contributed by atoms with van der Waals surface area (Å²) < 4.78 is 80.4. The molecule has 0 spiro atoms. The Kier molecular flexibility index (Phi) is 12.0. The average Bonchev–Trinajstić information content (AvgIpc) is 2.99. The van der Waals surface area contributed by atoms with E-state index in [9.17, 15) is 25.9 Å². The van der Waals surface area contributed by atoms with Gasteiger partial charge in [0.15, 0.2) is 0 Å². The number of nitrogen functional groups attached to an aromatic ring is 2. The van der Waals surface area contributed by atoms with Crippen molar-refractivity contribution in [3.63, 3.8) is 0 Å². The average molecular weight is 733 g/mol. The maximum Gasteiger partial charge on any atom is 0.323 e. The Bertz CT molecular complexity index is 1930. The third-order valence-electron chi connectivity index (χ3n) is 6.34. The maximum atomic E-state index is 12.4. The van der Waals surface area contributed by atoms with Crippen LogP contribution in [0.2, 0.25) is 0 Å². The highest BCUT2D eigenvalue weighted by molar-refractivity contribution is 7.86. The lowest BCUT2D eigenvalue weighted by Crippen LogP contribution is -2.20. The smallest absolute Gasteiger partial charge is 0.323 e. The van der Waals surface area contributed by atoms with Crippen molar-refractivity contribution in [1.82, 2.24) is 39.7 Å². The van der Waals surface area contributed by atoms with Gasteiger partial charge in [0.2, 0.25) is 23.8 Å². The number of benzene rings is 2. The number of hydrogen-bond acceptors (Lipinski definition) is 18. The number of hydrogen-bond donors (Lipinski definition) is 6. The molecule has 0 fully saturated rings. The zero-order valence-electron chi connectivity index (χ0n) is 27.3. The Hall–Kier alpha value is -5.26. The second-order valence-corrected chi connectivity index (χ2v) is 13.7. The van der Waals surface area contributed by atoms with Crippen LogP contribution in [0.3, 0.4) is 0 Å². The van der Waals surface area contributed by atoms with Crippen LogP contribution in [0.25, 0.3) is 12.2 Å². The highest BCUT2D eigenvalue weighted by Gasteiger charge is 2.19. The van der Waals surface area contributed by atoms with Crippen molar-refractivity contribution in [3.8, 4) is 12.0 Å². The zero-order chi connectivity index (χ0) is 36.6. The third-order valence-corrected chi connectivity index (χ3v) is 8.16. The van der Waals surface area contributed by atoms with Gasteiger partial charge in [-0.2, -0.15) is 46.7 Å². The van der Waals surface area contributed by atoms with Crippen molar-refractivity contribution in [2.24, 2.45) is 0 Å². The first-order valence-electron chi connectivity index (χ1n) is 14.5. The Balaban J connectivity index is 1.59. The fraction of sp³-hybridized carbons (Fsp3) is 0.286. The van der Waals surface area contributed by atoms with Gasteiger partial charge >= 0.3 is 12.0 Å². The molecule has 0 aliphatic rings. The predicted octanol–water partition coefficient (Wildman–Crippen LogP) is 1.25. The number of aromatic nitrogens is 6. The molecular weight excluding hydrogens is 697 g/mol. The molecule has 0 aliphatic heterocycles. The van der Waals surface area contributed by atoms with E-state index in [1.165, 1.54) is 36.4 Å². The first-order valence-corrected chi connectivity index (χ1v) is 17.4. The second-order valence-electron chi connectivity index (χ2n) is 10.9. The van der Waals surface area contributed by atoms with Crippen molar-refractivity contribution in [1.29, 1.82) is 0 Å². The minimum atomic E-state index is -4.80. The van der Waals surface area contributed by atoms with Crippen molar-refractivity contribution < 1.29 is 35.4 Å². The molecule has 20 nitrogen and oxygen atoms in total. The van der Waals surface area contributed by atoms with Crippen LogP contribution in [-0.2, 0) is 20.2 Å². The number of nitrogens with one attached hydrogen (secondary N) is 2. The molecule has 2 aromatic heterocycles. The molecule has 4 aromatic rings. The van der Waals surface area contributed by atoms with E-state index in [1.54, 1.807) is 0 Å². The highest BCUT2D eigenvalue weighted by Crippen LogP contribution is 2.28. The standard InChI is InChI=1S/C28H36N12O8S2/c1-39(2)11-13-47-27-35-23(29)33-25(37-27)31-19-9-7-17(21(15-19)49(41,42)43)5-6-18-8-10-20(16-22(18)50(44,45)46)32-26-34-24(30)36-28(38-26)48-14-12-40(3)4/h5-10,15-16H,11-14H2,1-4H3,(H,41,42,43)(H,44,45,46)(H3,29,31,33,35,37)(H3,30,32,34,36,38)/b6-5+. The maximum absolute atomic E-state index is 12.4. The minimum absolute atomic E-state index is 0.0214. The predicted molar refractivity (Wildman–Crippen MR) is 185 cm³/mol. The molecule has 4 rings (SSSR count). The van der Waals surface area contributed by atoms with Gasteiger partial charge < -0.3 is 41.4 Å². The van der Waals surface area contributed by atoms with Gasteiger partial charge in [-0.1, -0.05) is 24.3 Å². The topological polar surface area (TPSA) is 287 Å². The molecule has 8 N–H and O–H groups in total. The van der Waals surface area contributed by atoms with Gasteiger partial charge in [-0.3, -0.25) is 9.11 Å². The lowest BCUT2D eigenvalue weighted by molar-refractivity contribution is 0.245. The zero-order valence-corrected chi connectivity index (χ0v) is 29.0. The van der Waals surface area contributed by atoms with Gasteiger partial charge in [-0.25, -0.2) is 0 Å². The molecule has 0 radical (unpaired) electrons. The normalized spacial score (nSPS) is 12.1. The monoisotopic (exact) mass is 732 g/mol. The molecule has 0 unspecified atom stereocenters. The number of rotatable bonds is 16. The van der Waals surface area contributed by atoms with Crippen molar-refractivity contribution in [2.75, 3.05) is 76.6 Å². The van der Waals surface area contributed by atoms with Crippen molar-refractivity contribution in [3.05, 3.63) is 47.5 Å². The Labute approximate surface area is 288 Å². The van der Waals surface area contributed by atoms with E-state index in [1.807, 2.05) is 38.0 Å². The van der Waals surface area contributed by atoms with Crippen LogP contribution in [0.1, 0.15) is 11.1 Å². The largest absolute Gasteiger partial charge is 0.462 e. The number of nitrogens with zero attached hydrogens (tertiary/aromatic N) is 8. The van der Waals surface area contributed by atoms with E-state index >= 15 is 0 Å². The second kappa shape index (κ2) is 16.0. The summed E-state index contributed by atoms with van der Waals surface area (Å²) >= 11 is 0. The fourth-order valence-electron chi connectivity index (χ4n) is 4.01. The quantitative estimate of drug-likeness (QED) is 0.0698. The summed E-state index contributed by atoms with van der Waals surface area (Å²) in [6.07, 6.45) is 2.48. The van der Waals surface area contributed by atoms with Gasteiger partial charge in [0.05, 0.1) is 0 Å². The molecule has 0 atom stereocenters. The first kappa shape index (κ1) is 37.6. The number of likely N-dealkylation sites (N-methyl/N-ethyl adjacent to an activating group) is 2. The molecule has 0 amide bonds. The molecule has 50 heavy (non-hydrogen) atoms. The van der Waals surface area contributed by atoms with Gasteiger partial charge in [0.25, 0.3) is 20.2 Å². The van der Waals surface area contributed by atoms with Crippen LogP contribution in [0, 0.1) is 0 Å². The summed E-state index contributed by atoms with van der Waals surface area (Å²) in [6, 6.07) is 7.69. The molecule has 268 valence electrons. The SMILES string of the molecule is CN(C)CCOc1nc(N)nc(Nc2ccc(/C=C/c3ccc(Nc4nc(N)nc(OCCN(C)C)n4)cc3S(=O)(=O)O)c(S(=O)(=O)O)c2)n1. The number of anilines is 6. The summed E-state index contributed by atoms with van der Waals surface area (Å²) in [5, 5.41) is 5.58. The number of ether oxygens (including phenoxy) is 2. The van der Waals surface area contributed by atoms with E-state index in [0.717, 1.165) is 12.1 Å². The Morgan fingerprint density at radius 1 is 0.660 bits per heavy atom. The van der Waals surface area contributed by atoms with E-state index in [2.05, 4.69) is 40.5 Å². The summed E-state index contributed by atoms with van der Waals surface area (Å²) in [4.78, 5) is 26.7. The van der Waals surface area contributed by atoms with Gasteiger partial charge in [0, 0.05) is 24.5 Å². The first-order chi connectivity index (χ1) is 23.5.